The number of nitrogen functional groups attached to an aromatic ring is 1. The average Bonchev–Trinajstić information content (AvgIpc) is 2.81. The van der Waals surface area contributed by atoms with Crippen LogP contribution in [0.4, 0.5) is 5.69 Å². The lowest BCUT2D eigenvalue weighted by Gasteiger charge is -2.28. The number of anilines is 1. The summed E-state index contributed by atoms with van der Waals surface area (Å²) in [6.45, 7) is 7.19. The number of carbonyl (C=O) groups excluding carboxylic acids is 1. The molecule has 1 unspecified atom stereocenters. The highest BCUT2D eigenvalue weighted by atomic mass is 16.2. The summed E-state index contributed by atoms with van der Waals surface area (Å²) in [7, 11) is 0. The number of carbonyl (C=O) groups is 1. The van der Waals surface area contributed by atoms with Crippen LogP contribution in [0.2, 0.25) is 0 Å². The van der Waals surface area contributed by atoms with Crippen molar-refractivity contribution >= 4 is 11.6 Å². The molecule has 1 fully saturated rings. The number of amides is 1. The largest absolute Gasteiger partial charge is 0.399 e. The van der Waals surface area contributed by atoms with Gasteiger partial charge in [-0.15, -0.1) is 0 Å². The SMILES string of the molecule is Cc1cc(C(=O)N2CCCC2C(C)C)ccc1N. The molecular formula is C15H22N2O. The van der Waals surface area contributed by atoms with Crippen LogP contribution in [0.15, 0.2) is 18.2 Å². The van der Waals surface area contributed by atoms with Crippen LogP contribution in [0.3, 0.4) is 0 Å². The topological polar surface area (TPSA) is 46.3 Å². The van der Waals surface area contributed by atoms with Crippen LogP contribution >= 0.6 is 0 Å². The van der Waals surface area contributed by atoms with E-state index < -0.39 is 0 Å². The first-order chi connectivity index (χ1) is 8.50. The van der Waals surface area contributed by atoms with Crippen molar-refractivity contribution in [1.29, 1.82) is 0 Å². The highest BCUT2D eigenvalue weighted by Crippen LogP contribution is 2.26. The molecule has 0 radical (unpaired) electrons. The summed E-state index contributed by atoms with van der Waals surface area (Å²) in [6, 6.07) is 5.94. The zero-order valence-electron chi connectivity index (χ0n) is 11.4. The smallest absolute Gasteiger partial charge is 0.254 e. The van der Waals surface area contributed by atoms with Crippen LogP contribution in [0, 0.1) is 12.8 Å². The van der Waals surface area contributed by atoms with Gasteiger partial charge in [0.15, 0.2) is 0 Å². The minimum Gasteiger partial charge on any atom is -0.399 e. The number of rotatable bonds is 2. The summed E-state index contributed by atoms with van der Waals surface area (Å²) >= 11 is 0. The first-order valence-electron chi connectivity index (χ1n) is 6.68. The van der Waals surface area contributed by atoms with Crippen molar-refractivity contribution in [3.05, 3.63) is 29.3 Å². The van der Waals surface area contributed by atoms with Gasteiger partial charge in [0.1, 0.15) is 0 Å². The maximum Gasteiger partial charge on any atom is 0.254 e. The van der Waals surface area contributed by atoms with Gasteiger partial charge < -0.3 is 10.6 Å². The van der Waals surface area contributed by atoms with E-state index in [0.717, 1.165) is 36.2 Å². The van der Waals surface area contributed by atoms with Crippen molar-refractivity contribution in [2.24, 2.45) is 5.92 Å². The number of benzene rings is 1. The quantitative estimate of drug-likeness (QED) is 0.816. The Morgan fingerprint density at radius 3 is 2.78 bits per heavy atom. The van der Waals surface area contributed by atoms with Crippen molar-refractivity contribution in [2.75, 3.05) is 12.3 Å². The molecule has 1 aromatic rings. The molecule has 0 aromatic heterocycles. The van der Waals surface area contributed by atoms with E-state index in [2.05, 4.69) is 13.8 Å². The molecule has 0 aliphatic carbocycles. The number of likely N-dealkylation sites (tertiary alicyclic amines) is 1. The van der Waals surface area contributed by atoms with E-state index in [0.29, 0.717) is 12.0 Å². The van der Waals surface area contributed by atoms with E-state index in [1.807, 2.05) is 30.0 Å². The maximum atomic E-state index is 12.5. The normalized spacial score (nSPS) is 19.6. The highest BCUT2D eigenvalue weighted by Gasteiger charge is 2.31. The van der Waals surface area contributed by atoms with E-state index in [-0.39, 0.29) is 5.91 Å². The first-order valence-corrected chi connectivity index (χ1v) is 6.68. The van der Waals surface area contributed by atoms with Gasteiger partial charge in [-0.05, 0) is 49.4 Å². The molecule has 3 heteroatoms. The molecule has 1 atom stereocenters. The van der Waals surface area contributed by atoms with E-state index in [9.17, 15) is 4.79 Å². The Labute approximate surface area is 109 Å². The molecule has 3 nitrogen and oxygen atoms in total. The molecule has 1 saturated heterocycles. The standard InChI is InChI=1S/C15H22N2O/c1-10(2)14-5-4-8-17(14)15(18)12-6-7-13(16)11(3)9-12/h6-7,9-10,14H,4-5,8,16H2,1-3H3. The van der Waals surface area contributed by atoms with Gasteiger partial charge in [-0.3, -0.25) is 4.79 Å². The summed E-state index contributed by atoms with van der Waals surface area (Å²) in [6.07, 6.45) is 2.24. The summed E-state index contributed by atoms with van der Waals surface area (Å²) in [4.78, 5) is 14.5. The molecule has 18 heavy (non-hydrogen) atoms. The molecule has 2 N–H and O–H groups in total. The number of nitrogens with two attached hydrogens (primary N) is 1. The number of aryl methyl sites for hydroxylation is 1. The fourth-order valence-corrected chi connectivity index (χ4v) is 2.71. The van der Waals surface area contributed by atoms with Gasteiger partial charge in [0.05, 0.1) is 0 Å². The Kier molecular flexibility index (Phi) is 3.60. The number of nitrogens with zero attached hydrogens (tertiary/aromatic N) is 1. The van der Waals surface area contributed by atoms with E-state index >= 15 is 0 Å². The van der Waals surface area contributed by atoms with Crippen LogP contribution in [0.1, 0.15) is 42.6 Å². The van der Waals surface area contributed by atoms with Gasteiger partial charge in [0.2, 0.25) is 0 Å². The third kappa shape index (κ3) is 2.35. The molecule has 1 aliphatic heterocycles. The van der Waals surface area contributed by atoms with Gasteiger partial charge in [0.25, 0.3) is 5.91 Å². The molecule has 1 amide bonds. The van der Waals surface area contributed by atoms with Gasteiger partial charge in [-0.1, -0.05) is 13.8 Å². The molecular weight excluding hydrogens is 224 g/mol. The monoisotopic (exact) mass is 246 g/mol. The molecule has 1 heterocycles. The Morgan fingerprint density at radius 2 is 2.17 bits per heavy atom. The maximum absolute atomic E-state index is 12.5. The molecule has 1 aliphatic rings. The molecule has 0 saturated carbocycles. The third-order valence-electron chi connectivity index (χ3n) is 3.85. The second-order valence-electron chi connectivity index (χ2n) is 5.52. The Morgan fingerprint density at radius 1 is 1.44 bits per heavy atom. The van der Waals surface area contributed by atoms with E-state index in [4.69, 9.17) is 5.73 Å². The van der Waals surface area contributed by atoms with Crippen molar-refractivity contribution in [1.82, 2.24) is 4.90 Å². The Balaban J connectivity index is 2.22. The van der Waals surface area contributed by atoms with Crippen LogP contribution in [0.5, 0.6) is 0 Å². The van der Waals surface area contributed by atoms with Gasteiger partial charge >= 0.3 is 0 Å². The average molecular weight is 246 g/mol. The van der Waals surface area contributed by atoms with E-state index in [1.165, 1.54) is 0 Å². The van der Waals surface area contributed by atoms with Crippen molar-refractivity contribution in [3.63, 3.8) is 0 Å². The molecule has 2 rings (SSSR count). The second kappa shape index (κ2) is 5.01. The van der Waals surface area contributed by atoms with Crippen LogP contribution < -0.4 is 5.73 Å². The van der Waals surface area contributed by atoms with Crippen molar-refractivity contribution in [2.45, 2.75) is 39.7 Å². The third-order valence-corrected chi connectivity index (χ3v) is 3.85. The highest BCUT2D eigenvalue weighted by molar-refractivity contribution is 5.95. The summed E-state index contributed by atoms with van der Waals surface area (Å²) in [5, 5.41) is 0. The van der Waals surface area contributed by atoms with Crippen molar-refractivity contribution in [3.8, 4) is 0 Å². The Bertz CT molecular complexity index is 454. The van der Waals surface area contributed by atoms with Gasteiger partial charge in [-0.2, -0.15) is 0 Å². The number of hydrogen-bond donors (Lipinski definition) is 1. The Hall–Kier alpha value is -1.51. The summed E-state index contributed by atoms with van der Waals surface area (Å²) < 4.78 is 0. The lowest BCUT2D eigenvalue weighted by atomic mass is 10.0. The summed E-state index contributed by atoms with van der Waals surface area (Å²) in [5.41, 5.74) is 8.27. The van der Waals surface area contributed by atoms with E-state index in [1.54, 1.807) is 0 Å². The first kappa shape index (κ1) is 12.9. The molecule has 98 valence electrons. The zero-order chi connectivity index (χ0) is 13.3. The lowest BCUT2D eigenvalue weighted by molar-refractivity contribution is 0.0701. The molecule has 0 spiro atoms. The minimum atomic E-state index is 0.148. The van der Waals surface area contributed by atoms with Gasteiger partial charge in [-0.25, -0.2) is 0 Å². The zero-order valence-corrected chi connectivity index (χ0v) is 11.4. The predicted molar refractivity (Wildman–Crippen MR) is 74.5 cm³/mol. The fraction of sp³-hybridized carbons (Fsp3) is 0.533. The second-order valence-corrected chi connectivity index (χ2v) is 5.52. The van der Waals surface area contributed by atoms with Gasteiger partial charge in [0, 0.05) is 23.8 Å². The number of hydrogen-bond acceptors (Lipinski definition) is 2. The fourth-order valence-electron chi connectivity index (χ4n) is 2.71. The molecule has 1 aromatic carbocycles. The lowest BCUT2D eigenvalue weighted by Crippen LogP contribution is -2.38. The van der Waals surface area contributed by atoms with Crippen LogP contribution in [-0.4, -0.2) is 23.4 Å². The molecule has 0 bridgehead atoms. The van der Waals surface area contributed by atoms with Crippen LogP contribution in [0.25, 0.3) is 0 Å². The minimum absolute atomic E-state index is 0.148. The summed E-state index contributed by atoms with van der Waals surface area (Å²) in [5.74, 6) is 0.667. The van der Waals surface area contributed by atoms with Crippen LogP contribution in [-0.2, 0) is 0 Å². The van der Waals surface area contributed by atoms with Crippen molar-refractivity contribution < 1.29 is 4.79 Å². The predicted octanol–water partition coefficient (Wildman–Crippen LogP) is 2.84.